The first-order valence-electron chi connectivity index (χ1n) is 13.3. The molecule has 0 radical (unpaired) electrons. The maximum Gasteiger partial charge on any atom is 0.311 e. The number of ether oxygens (including phenoxy) is 3. The number of aliphatic hydroxyl groups is 1. The average Bonchev–Trinajstić information content (AvgIpc) is 2.85. The summed E-state index contributed by atoms with van der Waals surface area (Å²) in [7, 11) is 1.60. The third-order valence-electron chi connectivity index (χ3n) is 6.29. The molecule has 0 unspecified atom stereocenters. The van der Waals surface area contributed by atoms with E-state index >= 15 is 0 Å². The topological polar surface area (TPSA) is 124 Å². The van der Waals surface area contributed by atoms with Crippen molar-refractivity contribution < 1.29 is 38.9 Å². The molecule has 0 aliphatic rings. The zero-order valence-corrected chi connectivity index (χ0v) is 24.2. The van der Waals surface area contributed by atoms with Crippen molar-refractivity contribution in [1.82, 2.24) is 5.48 Å². The minimum atomic E-state index is -1.39. The third kappa shape index (κ3) is 11.5. The fraction of sp³-hybridized carbons (Fsp3) is 0.690. The highest BCUT2D eigenvalue weighted by Crippen LogP contribution is 2.32. The van der Waals surface area contributed by atoms with Crippen LogP contribution in [0.25, 0.3) is 0 Å². The van der Waals surface area contributed by atoms with Gasteiger partial charge in [-0.25, -0.2) is 4.79 Å². The highest BCUT2D eigenvalue weighted by Gasteiger charge is 2.34. The van der Waals surface area contributed by atoms with Gasteiger partial charge in [-0.3, -0.25) is 9.63 Å². The van der Waals surface area contributed by atoms with E-state index < -0.39 is 29.6 Å². The Bertz CT molecular complexity index is 904. The van der Waals surface area contributed by atoms with Crippen molar-refractivity contribution in [1.29, 1.82) is 0 Å². The van der Waals surface area contributed by atoms with Crippen molar-refractivity contribution in [2.75, 3.05) is 26.9 Å². The number of methoxy groups -OCH3 is 1. The molecule has 0 fully saturated rings. The molecule has 0 spiro atoms. The molecule has 0 saturated carbocycles. The van der Waals surface area contributed by atoms with Gasteiger partial charge in [0.25, 0.3) is 0 Å². The maximum absolute atomic E-state index is 11.7. The van der Waals surface area contributed by atoms with Crippen molar-refractivity contribution in [2.45, 2.75) is 85.5 Å². The van der Waals surface area contributed by atoms with E-state index in [0.29, 0.717) is 44.2 Å². The number of nitrogens with one attached hydrogen (secondary N) is 1. The zero-order valence-electron chi connectivity index (χ0n) is 24.2. The van der Waals surface area contributed by atoms with Crippen LogP contribution in [0.1, 0.15) is 66.9 Å². The summed E-state index contributed by atoms with van der Waals surface area (Å²) in [5.74, 6) is 0.837. The van der Waals surface area contributed by atoms with E-state index in [1.54, 1.807) is 13.1 Å². The van der Waals surface area contributed by atoms with Gasteiger partial charge in [-0.2, -0.15) is 5.48 Å². The van der Waals surface area contributed by atoms with Crippen LogP contribution in [0.4, 0.5) is 0 Å². The second kappa shape index (κ2) is 16.5. The lowest BCUT2D eigenvalue weighted by atomic mass is 9.81. The van der Waals surface area contributed by atoms with Gasteiger partial charge in [-0.15, -0.1) is 0 Å². The summed E-state index contributed by atoms with van der Waals surface area (Å²) in [6, 6.07) is 5.09. The molecule has 0 saturated heterocycles. The Hall–Kier alpha value is -2.42. The molecule has 4 atom stereocenters. The zero-order chi connectivity index (χ0) is 28.9. The minimum Gasteiger partial charge on any atom is -0.493 e. The Morgan fingerprint density at radius 2 is 1.82 bits per heavy atom. The van der Waals surface area contributed by atoms with E-state index in [2.05, 4.69) is 19.3 Å². The average molecular weight is 538 g/mol. The Labute approximate surface area is 227 Å². The van der Waals surface area contributed by atoms with Gasteiger partial charge in [-0.1, -0.05) is 19.9 Å². The van der Waals surface area contributed by atoms with Crippen LogP contribution < -0.4 is 15.0 Å². The van der Waals surface area contributed by atoms with Gasteiger partial charge in [0.05, 0.1) is 36.9 Å². The molecule has 9 heteroatoms. The van der Waals surface area contributed by atoms with Gasteiger partial charge in [0.15, 0.2) is 11.5 Å². The molecule has 0 aromatic heterocycles. The lowest BCUT2D eigenvalue weighted by Crippen LogP contribution is -2.47. The van der Waals surface area contributed by atoms with Gasteiger partial charge >= 0.3 is 5.97 Å². The fourth-order valence-corrected chi connectivity index (χ4v) is 3.92. The maximum atomic E-state index is 11.7. The molecular weight excluding hydrogens is 490 g/mol. The molecule has 1 aromatic rings. The molecule has 0 aliphatic carbocycles. The first-order valence-corrected chi connectivity index (χ1v) is 13.3. The summed E-state index contributed by atoms with van der Waals surface area (Å²) >= 11 is 0. The Morgan fingerprint density at radius 3 is 2.34 bits per heavy atom. The molecule has 38 heavy (non-hydrogen) atoms. The number of carbonyl (C=O) groups is 1. The summed E-state index contributed by atoms with van der Waals surface area (Å²) in [5, 5.41) is 20.5. The number of carbonyl (C=O) groups excluding carboxylic acids is 1. The monoisotopic (exact) mass is 537 g/mol. The summed E-state index contributed by atoms with van der Waals surface area (Å²) in [4.78, 5) is 29.0. The fourth-order valence-electron chi connectivity index (χ4n) is 3.92. The van der Waals surface area contributed by atoms with Crippen molar-refractivity contribution in [2.24, 2.45) is 17.8 Å². The van der Waals surface area contributed by atoms with Crippen LogP contribution >= 0.6 is 0 Å². The number of aliphatic hydroxyl groups excluding tert-OH is 1. The van der Waals surface area contributed by atoms with Gasteiger partial charge in [0, 0.05) is 19.6 Å². The van der Waals surface area contributed by atoms with Crippen molar-refractivity contribution in [3.8, 4) is 11.5 Å². The van der Waals surface area contributed by atoms with Gasteiger partial charge in [0.1, 0.15) is 12.0 Å². The van der Waals surface area contributed by atoms with E-state index in [1.165, 1.54) is 6.92 Å². The predicted molar refractivity (Wildman–Crippen MR) is 146 cm³/mol. The van der Waals surface area contributed by atoms with Crippen LogP contribution in [0.15, 0.2) is 23.8 Å². The molecule has 1 rings (SSSR count). The van der Waals surface area contributed by atoms with Gasteiger partial charge < -0.3 is 24.4 Å². The smallest absolute Gasteiger partial charge is 0.311 e. The summed E-state index contributed by atoms with van der Waals surface area (Å²) in [6.45, 7) is 14.8. The predicted octanol–water partition coefficient (Wildman–Crippen LogP) is 4.23. The molecule has 9 nitrogen and oxygen atoms in total. The standard InChI is InChI=1S/C29H47NO8/c1-9-36-13-10-14-37-26-16-21(11-12-25(26)35-8)15-22(19(2)3)17-24(30-38-29(5,6)7)27(32)23(18-31)20(4)28(33)34/h11-12,16,19-20,22,24,27,30,32H,9-10,13-15,17H2,1-8H3,(H,33,34)/t20-,22+,24+,27+/m1/s1. The molecule has 0 aliphatic heterocycles. The largest absolute Gasteiger partial charge is 0.493 e. The van der Waals surface area contributed by atoms with Crippen LogP contribution in [0.3, 0.4) is 0 Å². The number of hydrogen-bond donors (Lipinski definition) is 3. The highest BCUT2D eigenvalue weighted by molar-refractivity contribution is 5.77. The summed E-state index contributed by atoms with van der Waals surface area (Å²) < 4.78 is 16.8. The molecule has 216 valence electrons. The number of rotatable bonds is 18. The Morgan fingerprint density at radius 1 is 1.13 bits per heavy atom. The summed E-state index contributed by atoms with van der Waals surface area (Å²) in [6.07, 6.45) is 0.452. The van der Waals surface area contributed by atoms with E-state index in [4.69, 9.17) is 19.0 Å². The van der Waals surface area contributed by atoms with Crippen LogP contribution in [0.5, 0.6) is 11.5 Å². The van der Waals surface area contributed by atoms with Crippen LogP contribution in [0, 0.1) is 17.8 Å². The number of aliphatic carboxylic acids is 1. The van der Waals surface area contributed by atoms with Crippen LogP contribution in [-0.2, 0) is 25.6 Å². The van der Waals surface area contributed by atoms with E-state index in [1.807, 2.05) is 45.9 Å². The summed E-state index contributed by atoms with van der Waals surface area (Å²) in [5.41, 5.74) is 3.15. The van der Waals surface area contributed by atoms with Gasteiger partial charge in [-0.05, 0) is 77.0 Å². The molecular formula is C29H47NO8. The number of hydroxylamine groups is 1. The molecule has 3 N–H and O–H groups in total. The lowest BCUT2D eigenvalue weighted by molar-refractivity contribution is -0.140. The number of hydrogen-bond acceptors (Lipinski definition) is 8. The third-order valence-corrected chi connectivity index (χ3v) is 6.29. The number of carboxylic acids is 1. The normalized spacial score (nSPS) is 14.9. The Balaban J connectivity index is 3.16. The quantitative estimate of drug-likeness (QED) is 0.143. The molecule has 0 bridgehead atoms. The van der Waals surface area contributed by atoms with Crippen molar-refractivity contribution >= 4 is 11.9 Å². The van der Waals surface area contributed by atoms with Crippen LogP contribution in [0.2, 0.25) is 0 Å². The molecule has 0 heterocycles. The molecule has 0 amide bonds. The number of carboxylic acid groups (broad SMARTS) is 1. The van der Waals surface area contributed by atoms with E-state index in [9.17, 15) is 19.8 Å². The van der Waals surface area contributed by atoms with Gasteiger partial charge in [0.2, 0.25) is 0 Å². The van der Waals surface area contributed by atoms with E-state index in [0.717, 1.165) is 12.0 Å². The highest BCUT2D eigenvalue weighted by atomic mass is 16.7. The minimum absolute atomic E-state index is 0.0537. The van der Waals surface area contributed by atoms with Crippen molar-refractivity contribution in [3.63, 3.8) is 0 Å². The Kier molecular flexibility index (Phi) is 14.6. The van der Waals surface area contributed by atoms with Crippen LogP contribution in [-0.4, -0.2) is 66.8 Å². The lowest BCUT2D eigenvalue weighted by Gasteiger charge is -2.33. The van der Waals surface area contributed by atoms with Crippen molar-refractivity contribution in [3.05, 3.63) is 29.3 Å². The first kappa shape index (κ1) is 33.6. The molecule has 1 aromatic carbocycles. The second-order valence-electron chi connectivity index (χ2n) is 10.8. The SMILES string of the molecule is CCOCCCOc1cc(C[C@@H](C[C@H](NOC(C)(C)C)[C@@H](O)C(=C=O)[C@@H](C)C(=O)O)C(C)C)ccc1OC. The second-order valence-corrected chi connectivity index (χ2v) is 10.8. The first-order chi connectivity index (χ1) is 17.8. The number of benzene rings is 1. The van der Waals surface area contributed by atoms with E-state index in [-0.39, 0.29) is 17.4 Å².